The van der Waals surface area contributed by atoms with Gasteiger partial charge in [0.05, 0.1) is 12.5 Å². The summed E-state index contributed by atoms with van der Waals surface area (Å²) in [6.45, 7) is 0.982. The Morgan fingerprint density at radius 2 is 1.88 bits per heavy atom. The molecule has 0 unspecified atom stereocenters. The number of carbonyl (C=O) groups excluding carboxylic acids is 1. The zero-order valence-electron chi connectivity index (χ0n) is 18.3. The average Bonchev–Trinajstić information content (AvgIpc) is 3.28. The molecule has 2 heterocycles. The maximum atomic E-state index is 13.6. The van der Waals surface area contributed by atoms with E-state index in [1.54, 1.807) is 4.90 Å². The molecule has 9 heteroatoms. The molecule has 4 rings (SSSR count). The first kappa shape index (κ1) is 25.5. The van der Waals surface area contributed by atoms with Crippen LogP contribution < -0.4 is 15.4 Å². The minimum atomic E-state index is -4.49. The minimum Gasteiger partial charge on any atom is -0.493 e. The molecule has 1 atom stereocenters. The van der Waals surface area contributed by atoms with Crippen LogP contribution in [0.2, 0.25) is 0 Å². The molecule has 0 aliphatic carbocycles. The number of anilines is 1. The standard InChI is InChI=1S/C25H24F3N3O2.ClH/c26-25(27,28)23-9-6-17(16-30-23)10-12-31(20-8-7-19-11-13-33-22(19)14-20)24(32)21(15-29)18-4-2-1-3-5-18;/h1-9,14,16,21H,10-13,15,29H2;1H/t21-;/m0./s1. The van der Waals surface area contributed by atoms with Crippen LogP contribution in [0.15, 0.2) is 66.9 Å². The number of nitrogens with zero attached hydrogens (tertiary/aromatic N) is 2. The van der Waals surface area contributed by atoms with E-state index in [-0.39, 0.29) is 31.4 Å². The van der Waals surface area contributed by atoms with E-state index >= 15 is 0 Å². The van der Waals surface area contributed by atoms with Gasteiger partial charge in [0.1, 0.15) is 11.4 Å². The molecule has 1 aromatic heterocycles. The smallest absolute Gasteiger partial charge is 0.433 e. The van der Waals surface area contributed by atoms with Crippen molar-refractivity contribution in [2.75, 3.05) is 24.6 Å². The van der Waals surface area contributed by atoms with E-state index in [2.05, 4.69) is 4.98 Å². The van der Waals surface area contributed by atoms with Crippen LogP contribution in [-0.2, 0) is 23.8 Å². The van der Waals surface area contributed by atoms with E-state index in [0.29, 0.717) is 24.3 Å². The Morgan fingerprint density at radius 1 is 1.12 bits per heavy atom. The Balaban J connectivity index is 0.00000324. The fraction of sp³-hybridized carbons (Fsp3) is 0.280. The zero-order valence-corrected chi connectivity index (χ0v) is 19.1. The fourth-order valence-corrected chi connectivity index (χ4v) is 3.92. The number of amides is 1. The number of nitrogens with two attached hydrogens (primary N) is 1. The van der Waals surface area contributed by atoms with Gasteiger partial charge in [-0.1, -0.05) is 42.5 Å². The second-order valence-electron chi connectivity index (χ2n) is 7.88. The monoisotopic (exact) mass is 491 g/mol. The molecule has 34 heavy (non-hydrogen) atoms. The summed E-state index contributed by atoms with van der Waals surface area (Å²) in [6, 6.07) is 17.3. The topological polar surface area (TPSA) is 68.5 Å². The number of benzene rings is 2. The maximum Gasteiger partial charge on any atom is 0.433 e. The van der Waals surface area contributed by atoms with Crippen LogP contribution in [0.25, 0.3) is 0 Å². The lowest BCUT2D eigenvalue weighted by molar-refractivity contribution is -0.141. The molecule has 0 spiro atoms. The number of pyridine rings is 1. The third-order valence-electron chi connectivity index (χ3n) is 5.73. The fourth-order valence-electron chi connectivity index (χ4n) is 3.92. The first-order chi connectivity index (χ1) is 15.9. The Kier molecular flexibility index (Phi) is 8.17. The van der Waals surface area contributed by atoms with E-state index in [1.165, 1.54) is 12.3 Å². The number of fused-ring (bicyclic) bond motifs is 1. The molecule has 1 aliphatic rings. The predicted octanol–water partition coefficient (Wildman–Crippen LogP) is 4.78. The van der Waals surface area contributed by atoms with Gasteiger partial charge in [0.15, 0.2) is 0 Å². The summed E-state index contributed by atoms with van der Waals surface area (Å²) in [5.74, 6) is 0.0122. The highest BCUT2D eigenvalue weighted by Crippen LogP contribution is 2.32. The van der Waals surface area contributed by atoms with Crippen molar-refractivity contribution in [3.63, 3.8) is 0 Å². The molecule has 0 bridgehead atoms. The lowest BCUT2D eigenvalue weighted by Crippen LogP contribution is -2.39. The molecule has 0 saturated heterocycles. The summed E-state index contributed by atoms with van der Waals surface area (Å²) < 4.78 is 44.1. The van der Waals surface area contributed by atoms with Gasteiger partial charge in [-0.25, -0.2) is 0 Å². The van der Waals surface area contributed by atoms with Gasteiger partial charge >= 0.3 is 6.18 Å². The highest BCUT2D eigenvalue weighted by Gasteiger charge is 2.32. The lowest BCUT2D eigenvalue weighted by atomic mass is 9.97. The van der Waals surface area contributed by atoms with Crippen molar-refractivity contribution >= 4 is 24.0 Å². The molecule has 1 amide bonds. The summed E-state index contributed by atoms with van der Waals surface area (Å²) in [6.07, 6.45) is -2.14. The van der Waals surface area contributed by atoms with Crippen molar-refractivity contribution in [1.82, 2.24) is 4.98 Å². The van der Waals surface area contributed by atoms with Crippen LogP contribution in [0.4, 0.5) is 18.9 Å². The average molecular weight is 492 g/mol. The largest absolute Gasteiger partial charge is 0.493 e. The molecule has 3 aromatic rings. The number of hydrogen-bond acceptors (Lipinski definition) is 4. The number of aromatic nitrogens is 1. The summed E-state index contributed by atoms with van der Waals surface area (Å²) in [7, 11) is 0. The number of halogens is 4. The predicted molar refractivity (Wildman–Crippen MR) is 126 cm³/mol. The van der Waals surface area contributed by atoms with Crippen molar-refractivity contribution in [1.29, 1.82) is 0 Å². The Morgan fingerprint density at radius 3 is 2.53 bits per heavy atom. The first-order valence-electron chi connectivity index (χ1n) is 10.7. The normalized spacial score (nSPS) is 13.4. The van der Waals surface area contributed by atoms with Crippen molar-refractivity contribution in [3.05, 3.63) is 89.2 Å². The highest BCUT2D eigenvalue weighted by molar-refractivity contribution is 5.98. The molecule has 0 saturated carbocycles. The second kappa shape index (κ2) is 10.9. The SMILES string of the molecule is Cl.NC[C@H](C(=O)N(CCc1ccc(C(F)(F)F)nc1)c1ccc2c(c1)OCC2)c1ccccc1. The summed E-state index contributed by atoms with van der Waals surface area (Å²) >= 11 is 0. The maximum absolute atomic E-state index is 13.6. The molecule has 180 valence electrons. The minimum absolute atomic E-state index is 0. The van der Waals surface area contributed by atoms with Gasteiger partial charge in [-0.05, 0) is 35.2 Å². The zero-order chi connectivity index (χ0) is 23.4. The third-order valence-corrected chi connectivity index (χ3v) is 5.73. The molecule has 2 N–H and O–H groups in total. The van der Waals surface area contributed by atoms with E-state index in [0.717, 1.165) is 29.4 Å². The van der Waals surface area contributed by atoms with Crippen molar-refractivity contribution in [3.8, 4) is 5.75 Å². The van der Waals surface area contributed by atoms with Gasteiger partial charge < -0.3 is 15.4 Å². The molecule has 0 radical (unpaired) electrons. The number of ether oxygens (including phenoxy) is 1. The van der Waals surface area contributed by atoms with Crippen LogP contribution in [0.5, 0.6) is 5.75 Å². The Bertz CT molecular complexity index is 1110. The van der Waals surface area contributed by atoms with E-state index in [4.69, 9.17) is 10.5 Å². The van der Waals surface area contributed by atoms with E-state index in [9.17, 15) is 18.0 Å². The number of carbonyl (C=O) groups is 1. The molecular weight excluding hydrogens is 467 g/mol. The van der Waals surface area contributed by atoms with Crippen molar-refractivity contribution in [2.24, 2.45) is 5.73 Å². The third kappa shape index (κ3) is 5.69. The first-order valence-corrected chi connectivity index (χ1v) is 10.7. The molecule has 2 aromatic carbocycles. The molecule has 5 nitrogen and oxygen atoms in total. The van der Waals surface area contributed by atoms with Crippen LogP contribution >= 0.6 is 12.4 Å². The van der Waals surface area contributed by atoms with Crippen LogP contribution in [0.1, 0.15) is 28.3 Å². The Hall–Kier alpha value is -3.10. The second-order valence-corrected chi connectivity index (χ2v) is 7.88. The van der Waals surface area contributed by atoms with Crippen molar-refractivity contribution < 1.29 is 22.7 Å². The summed E-state index contributed by atoms with van der Waals surface area (Å²) in [5, 5.41) is 0. The van der Waals surface area contributed by atoms with Crippen LogP contribution in [0, 0.1) is 0 Å². The van der Waals surface area contributed by atoms with Gasteiger partial charge in [-0.2, -0.15) is 13.2 Å². The number of hydrogen-bond donors (Lipinski definition) is 1. The van der Waals surface area contributed by atoms with Gasteiger partial charge in [0.2, 0.25) is 5.91 Å². The summed E-state index contributed by atoms with van der Waals surface area (Å²) in [4.78, 5) is 18.8. The Labute approximate surface area is 202 Å². The molecule has 1 aliphatic heterocycles. The van der Waals surface area contributed by atoms with Gasteiger partial charge in [0, 0.05) is 37.5 Å². The van der Waals surface area contributed by atoms with Gasteiger partial charge in [-0.3, -0.25) is 9.78 Å². The van der Waals surface area contributed by atoms with Crippen LogP contribution in [-0.4, -0.2) is 30.6 Å². The number of alkyl halides is 3. The van der Waals surface area contributed by atoms with Gasteiger partial charge in [-0.15, -0.1) is 12.4 Å². The molecular formula is C25H25ClF3N3O2. The van der Waals surface area contributed by atoms with Crippen molar-refractivity contribution in [2.45, 2.75) is 24.9 Å². The highest BCUT2D eigenvalue weighted by atomic mass is 35.5. The van der Waals surface area contributed by atoms with Gasteiger partial charge in [0.25, 0.3) is 0 Å². The quantitative estimate of drug-likeness (QED) is 0.516. The number of rotatable bonds is 7. The van der Waals surface area contributed by atoms with E-state index in [1.807, 2.05) is 48.5 Å². The molecule has 0 fully saturated rings. The van der Waals surface area contributed by atoms with Crippen LogP contribution in [0.3, 0.4) is 0 Å². The van der Waals surface area contributed by atoms with E-state index < -0.39 is 17.8 Å². The summed E-state index contributed by atoms with van der Waals surface area (Å²) in [5.41, 5.74) is 8.20. The lowest BCUT2D eigenvalue weighted by Gasteiger charge is -2.28.